The Morgan fingerprint density at radius 2 is 1.92 bits per heavy atom. The van der Waals surface area contributed by atoms with Crippen LogP contribution >= 0.6 is 0 Å². The molecule has 2 aliphatic rings. The van der Waals surface area contributed by atoms with Crippen LogP contribution < -0.4 is 0 Å². The summed E-state index contributed by atoms with van der Waals surface area (Å²) in [4.78, 5) is 10.7. The molecule has 2 rings (SSSR count). The van der Waals surface area contributed by atoms with E-state index in [1.807, 2.05) is 13.8 Å². The summed E-state index contributed by atoms with van der Waals surface area (Å²) in [6, 6.07) is 0. The van der Waals surface area contributed by atoms with E-state index < -0.39 is 5.97 Å². The first-order valence-electron chi connectivity index (χ1n) is 9.43. The summed E-state index contributed by atoms with van der Waals surface area (Å²) in [5, 5.41) is 8.83. The van der Waals surface area contributed by atoms with Crippen LogP contribution in [0.25, 0.3) is 0 Å². The Bertz CT molecular complexity index is 531. The Hall–Kier alpha value is -1.09. The molecule has 1 aliphatic carbocycles. The second-order valence-electron chi connectivity index (χ2n) is 8.41. The van der Waals surface area contributed by atoms with E-state index in [1.54, 1.807) is 0 Å². The topological polar surface area (TPSA) is 46.5 Å². The zero-order chi connectivity index (χ0) is 18.1. The van der Waals surface area contributed by atoms with Gasteiger partial charge in [0.25, 0.3) is 0 Å². The first-order valence-corrected chi connectivity index (χ1v) is 9.43. The minimum absolute atomic E-state index is 0.142. The largest absolute Gasteiger partial charge is 0.478 e. The van der Waals surface area contributed by atoms with Crippen molar-refractivity contribution >= 4 is 5.97 Å². The number of aliphatic carboxylic acids is 1. The van der Waals surface area contributed by atoms with Gasteiger partial charge < -0.3 is 9.84 Å². The first kappa shape index (κ1) is 19.2. The molecule has 2 fully saturated rings. The van der Waals surface area contributed by atoms with E-state index in [1.165, 1.54) is 18.9 Å². The lowest BCUT2D eigenvalue weighted by atomic mass is 9.75. The molecule has 3 nitrogen and oxygen atoms in total. The molecule has 0 aromatic carbocycles. The van der Waals surface area contributed by atoms with Gasteiger partial charge in [0.2, 0.25) is 0 Å². The van der Waals surface area contributed by atoms with E-state index in [2.05, 4.69) is 33.8 Å². The quantitative estimate of drug-likeness (QED) is 0.535. The number of rotatable bonds is 6. The molecule has 1 spiro atoms. The fourth-order valence-electron chi connectivity index (χ4n) is 4.44. The number of hydrogen-bond acceptors (Lipinski definition) is 2. The van der Waals surface area contributed by atoms with Gasteiger partial charge in [0.05, 0.1) is 11.7 Å². The highest BCUT2D eigenvalue weighted by atomic mass is 16.5. The average Bonchev–Trinajstić information content (AvgIpc) is 3.11. The van der Waals surface area contributed by atoms with E-state index in [0.29, 0.717) is 29.8 Å². The van der Waals surface area contributed by atoms with Crippen molar-refractivity contribution < 1.29 is 14.6 Å². The van der Waals surface area contributed by atoms with Crippen LogP contribution in [-0.2, 0) is 9.53 Å². The molecule has 1 N–H and O–H groups in total. The Morgan fingerprint density at radius 1 is 1.29 bits per heavy atom. The lowest BCUT2D eigenvalue weighted by molar-refractivity contribution is -0.147. The Labute approximate surface area is 147 Å². The van der Waals surface area contributed by atoms with Crippen molar-refractivity contribution in [3.05, 3.63) is 23.3 Å². The molecule has 3 heteroatoms. The summed E-state index contributed by atoms with van der Waals surface area (Å²) >= 11 is 0. The Morgan fingerprint density at radius 3 is 2.42 bits per heavy atom. The van der Waals surface area contributed by atoms with Crippen molar-refractivity contribution in [3.8, 4) is 0 Å². The van der Waals surface area contributed by atoms with Crippen LogP contribution in [0, 0.1) is 23.7 Å². The summed E-state index contributed by atoms with van der Waals surface area (Å²) in [6.07, 6.45) is 8.22. The van der Waals surface area contributed by atoms with E-state index in [-0.39, 0.29) is 5.60 Å². The third-order valence-electron chi connectivity index (χ3n) is 6.23. The van der Waals surface area contributed by atoms with Crippen LogP contribution in [0.2, 0.25) is 0 Å². The minimum atomic E-state index is -0.881. The van der Waals surface area contributed by atoms with Crippen LogP contribution in [0.4, 0.5) is 0 Å². The summed E-state index contributed by atoms with van der Waals surface area (Å²) < 4.78 is 6.65. The van der Waals surface area contributed by atoms with Crippen molar-refractivity contribution in [3.63, 3.8) is 0 Å². The predicted molar refractivity (Wildman–Crippen MR) is 97.9 cm³/mol. The maximum atomic E-state index is 10.7. The molecule has 0 radical (unpaired) electrons. The standard InChI is InChI=1S/C21H34O3/c1-13(2)18-10-16(5)19(24-21(18)12-17(21)6)9-7-8-14(3)15(4)11-20(22)23/h8,11,13,16-19H,7,9-10,12H2,1-6H3,(H,22,23)/b14-8+,15-11+. The van der Waals surface area contributed by atoms with Gasteiger partial charge in [-0.2, -0.15) is 0 Å². The number of carbonyl (C=O) groups is 1. The van der Waals surface area contributed by atoms with Gasteiger partial charge in [0.1, 0.15) is 0 Å². The highest BCUT2D eigenvalue weighted by molar-refractivity contribution is 5.81. The SMILES string of the molecule is CC(=C\CCC1OC2(CC2C)C(C(C)C)CC1C)/C(C)=C/C(=O)O. The van der Waals surface area contributed by atoms with Gasteiger partial charge in [-0.25, -0.2) is 4.79 Å². The summed E-state index contributed by atoms with van der Waals surface area (Å²) in [7, 11) is 0. The molecule has 0 bridgehead atoms. The number of hydrogen-bond donors (Lipinski definition) is 1. The molecule has 24 heavy (non-hydrogen) atoms. The van der Waals surface area contributed by atoms with Gasteiger partial charge in [-0.1, -0.05) is 39.3 Å². The fraction of sp³-hybridized carbons (Fsp3) is 0.762. The third-order valence-corrected chi connectivity index (χ3v) is 6.23. The van der Waals surface area contributed by atoms with Gasteiger partial charge in [-0.3, -0.25) is 0 Å². The van der Waals surface area contributed by atoms with Gasteiger partial charge >= 0.3 is 5.97 Å². The molecule has 1 saturated carbocycles. The molecule has 5 atom stereocenters. The van der Waals surface area contributed by atoms with E-state index in [4.69, 9.17) is 9.84 Å². The normalized spacial score (nSPS) is 37.1. The van der Waals surface area contributed by atoms with Crippen LogP contribution in [0.1, 0.15) is 67.2 Å². The maximum Gasteiger partial charge on any atom is 0.328 e. The molecule has 0 aromatic heterocycles. The third kappa shape index (κ3) is 4.11. The first-order chi connectivity index (χ1) is 11.2. The highest BCUT2D eigenvalue weighted by Crippen LogP contribution is 2.59. The fourth-order valence-corrected chi connectivity index (χ4v) is 4.44. The molecule has 5 unspecified atom stereocenters. The van der Waals surface area contributed by atoms with Gasteiger partial charge in [-0.15, -0.1) is 0 Å². The molecule has 136 valence electrons. The predicted octanol–water partition coefficient (Wildman–Crippen LogP) is 5.22. The van der Waals surface area contributed by atoms with Crippen molar-refractivity contribution in [2.75, 3.05) is 0 Å². The summed E-state index contributed by atoms with van der Waals surface area (Å²) in [5.74, 6) is 1.79. The van der Waals surface area contributed by atoms with Gasteiger partial charge in [-0.05, 0) is 68.8 Å². The van der Waals surface area contributed by atoms with Crippen molar-refractivity contribution in [2.45, 2.75) is 78.9 Å². The molecule has 0 aromatic rings. The monoisotopic (exact) mass is 334 g/mol. The lowest BCUT2D eigenvalue weighted by Crippen LogP contribution is -2.45. The number of ether oxygens (including phenoxy) is 1. The van der Waals surface area contributed by atoms with Gasteiger partial charge in [0.15, 0.2) is 0 Å². The smallest absolute Gasteiger partial charge is 0.328 e. The zero-order valence-corrected chi connectivity index (χ0v) is 16.1. The average molecular weight is 335 g/mol. The van der Waals surface area contributed by atoms with Crippen LogP contribution in [0.5, 0.6) is 0 Å². The maximum absolute atomic E-state index is 10.7. The molecular weight excluding hydrogens is 300 g/mol. The van der Waals surface area contributed by atoms with Crippen LogP contribution in [-0.4, -0.2) is 22.8 Å². The number of carboxylic acids is 1. The summed E-state index contributed by atoms with van der Waals surface area (Å²) in [5.41, 5.74) is 2.02. The minimum Gasteiger partial charge on any atom is -0.478 e. The molecule has 1 aliphatic heterocycles. The highest BCUT2D eigenvalue weighted by Gasteiger charge is 2.61. The van der Waals surface area contributed by atoms with Gasteiger partial charge in [0, 0.05) is 6.08 Å². The van der Waals surface area contributed by atoms with E-state index in [0.717, 1.165) is 24.0 Å². The Kier molecular flexibility index (Phi) is 5.95. The lowest BCUT2D eigenvalue weighted by Gasteiger charge is -2.44. The summed E-state index contributed by atoms with van der Waals surface area (Å²) in [6.45, 7) is 13.2. The Balaban J connectivity index is 1.95. The van der Waals surface area contributed by atoms with E-state index >= 15 is 0 Å². The number of allylic oxidation sites excluding steroid dienone is 3. The van der Waals surface area contributed by atoms with Crippen molar-refractivity contribution in [1.82, 2.24) is 0 Å². The van der Waals surface area contributed by atoms with Crippen LogP contribution in [0.15, 0.2) is 23.3 Å². The second kappa shape index (κ2) is 7.43. The second-order valence-corrected chi connectivity index (χ2v) is 8.41. The number of carboxylic acid groups (broad SMARTS) is 1. The zero-order valence-electron chi connectivity index (χ0n) is 16.1. The molecule has 1 heterocycles. The van der Waals surface area contributed by atoms with E-state index in [9.17, 15) is 4.79 Å². The molecule has 1 saturated heterocycles. The van der Waals surface area contributed by atoms with Crippen LogP contribution in [0.3, 0.4) is 0 Å². The molecule has 0 amide bonds. The van der Waals surface area contributed by atoms with Crippen molar-refractivity contribution in [2.24, 2.45) is 23.7 Å². The van der Waals surface area contributed by atoms with Crippen molar-refractivity contribution in [1.29, 1.82) is 0 Å². The molecular formula is C21H34O3.